The van der Waals surface area contributed by atoms with E-state index in [9.17, 15) is 9.59 Å². The first-order valence-corrected chi connectivity index (χ1v) is 13.8. The summed E-state index contributed by atoms with van der Waals surface area (Å²) in [5.41, 5.74) is 1.70. The lowest BCUT2D eigenvalue weighted by Crippen LogP contribution is -2.50. The Morgan fingerprint density at radius 2 is 1.97 bits per heavy atom. The van der Waals surface area contributed by atoms with Gasteiger partial charge in [-0.2, -0.15) is 0 Å². The van der Waals surface area contributed by atoms with Crippen LogP contribution in [0.4, 0.5) is 0 Å². The number of esters is 1. The number of fused-ring (bicyclic) bond motifs is 2. The van der Waals surface area contributed by atoms with Gasteiger partial charge in [-0.25, -0.2) is 14.8 Å². The highest BCUT2D eigenvalue weighted by Crippen LogP contribution is 2.34. The highest BCUT2D eigenvalue weighted by molar-refractivity contribution is 9.10. The summed E-state index contributed by atoms with van der Waals surface area (Å²) in [5.74, 6) is 1.43. The van der Waals surface area contributed by atoms with Crippen molar-refractivity contribution in [3.63, 3.8) is 0 Å². The van der Waals surface area contributed by atoms with E-state index in [0.29, 0.717) is 45.1 Å². The number of thioether (sulfide) groups is 1. The molecule has 8 nitrogen and oxygen atoms in total. The number of hydrogen-bond acceptors (Lipinski definition) is 8. The minimum absolute atomic E-state index is 0.227. The predicted octanol–water partition coefficient (Wildman–Crippen LogP) is 4.56. The fraction of sp³-hybridized carbons (Fsp3) is 0.259. The van der Waals surface area contributed by atoms with E-state index >= 15 is 0 Å². The number of ether oxygens (including phenoxy) is 1. The first-order valence-electron chi connectivity index (χ1n) is 12.1. The van der Waals surface area contributed by atoms with Gasteiger partial charge in [-0.15, -0.1) is 5.10 Å². The van der Waals surface area contributed by atoms with Crippen molar-refractivity contribution in [2.45, 2.75) is 32.9 Å². The lowest BCUT2D eigenvalue weighted by Gasteiger charge is -2.32. The molecule has 5 rings (SSSR count). The number of furan rings is 1. The van der Waals surface area contributed by atoms with Crippen molar-refractivity contribution in [3.8, 4) is 11.3 Å². The number of hydrazone groups is 1. The Morgan fingerprint density at radius 3 is 2.73 bits per heavy atom. The molecule has 0 saturated heterocycles. The third kappa shape index (κ3) is 5.21. The van der Waals surface area contributed by atoms with Gasteiger partial charge in [0.2, 0.25) is 6.17 Å². The monoisotopic (exact) mass is 580 g/mol. The van der Waals surface area contributed by atoms with Crippen molar-refractivity contribution < 1.29 is 18.7 Å². The molecule has 10 heteroatoms. The average molecular weight is 581 g/mol. The summed E-state index contributed by atoms with van der Waals surface area (Å²) in [7, 11) is 0. The van der Waals surface area contributed by atoms with Crippen molar-refractivity contribution in [1.82, 2.24) is 10.3 Å². The van der Waals surface area contributed by atoms with E-state index in [1.807, 2.05) is 42.5 Å². The Bertz CT molecular complexity index is 1500. The highest BCUT2D eigenvalue weighted by atomic mass is 79.9. The summed E-state index contributed by atoms with van der Waals surface area (Å²) >= 11 is 5.02. The van der Waals surface area contributed by atoms with Crippen molar-refractivity contribution in [3.05, 3.63) is 81.0 Å². The van der Waals surface area contributed by atoms with Crippen LogP contribution in [-0.4, -0.2) is 34.4 Å². The van der Waals surface area contributed by atoms with Crippen molar-refractivity contribution in [2.24, 2.45) is 10.1 Å². The number of benzene rings is 2. The van der Waals surface area contributed by atoms with Crippen LogP contribution >= 0.6 is 27.7 Å². The van der Waals surface area contributed by atoms with E-state index in [2.05, 4.69) is 28.2 Å². The molecule has 0 radical (unpaired) electrons. The summed E-state index contributed by atoms with van der Waals surface area (Å²) in [5, 5.41) is 11.3. The number of rotatable bonds is 7. The summed E-state index contributed by atoms with van der Waals surface area (Å²) in [4.78, 5) is 30.2. The number of amidine groups is 1. The molecule has 0 aliphatic carbocycles. The van der Waals surface area contributed by atoms with E-state index in [1.165, 1.54) is 11.8 Å². The number of unbranched alkanes of at least 4 members (excludes halogenated alkanes) is 1. The molecule has 0 unspecified atom stereocenters. The fourth-order valence-electron chi connectivity index (χ4n) is 4.05. The fourth-order valence-corrected chi connectivity index (χ4v) is 5.34. The van der Waals surface area contributed by atoms with E-state index in [0.717, 1.165) is 28.6 Å². The van der Waals surface area contributed by atoms with E-state index in [-0.39, 0.29) is 11.9 Å². The minimum atomic E-state index is -0.649. The van der Waals surface area contributed by atoms with Gasteiger partial charge >= 0.3 is 5.97 Å². The predicted molar refractivity (Wildman–Crippen MR) is 146 cm³/mol. The maximum atomic E-state index is 13.3. The van der Waals surface area contributed by atoms with Crippen LogP contribution in [0.2, 0.25) is 0 Å². The topological polar surface area (TPSA) is 96.5 Å². The molecule has 1 amide bonds. The van der Waals surface area contributed by atoms with Gasteiger partial charge in [-0.1, -0.05) is 53.2 Å². The van der Waals surface area contributed by atoms with Crippen LogP contribution in [0.5, 0.6) is 0 Å². The molecular weight excluding hydrogens is 556 g/mol. The lowest BCUT2D eigenvalue weighted by atomic mass is 10.1. The first kappa shape index (κ1) is 25.3. The van der Waals surface area contributed by atoms with Gasteiger partial charge in [0, 0.05) is 21.0 Å². The van der Waals surface area contributed by atoms with Gasteiger partial charge in [0.05, 0.1) is 17.5 Å². The molecule has 2 aromatic carbocycles. The van der Waals surface area contributed by atoms with Crippen molar-refractivity contribution in [1.29, 1.82) is 0 Å². The van der Waals surface area contributed by atoms with Gasteiger partial charge in [0.15, 0.2) is 10.9 Å². The normalized spacial score (nSPS) is 16.4. The van der Waals surface area contributed by atoms with Crippen molar-refractivity contribution >= 4 is 50.4 Å². The van der Waals surface area contributed by atoms with Gasteiger partial charge in [0.1, 0.15) is 11.5 Å². The lowest BCUT2D eigenvalue weighted by molar-refractivity contribution is -0.116. The van der Waals surface area contributed by atoms with E-state index < -0.39 is 6.17 Å². The Kier molecular flexibility index (Phi) is 7.48. The third-order valence-corrected chi connectivity index (χ3v) is 7.31. The molecule has 0 fully saturated rings. The van der Waals surface area contributed by atoms with Gasteiger partial charge in [-0.3, -0.25) is 10.1 Å². The Morgan fingerprint density at radius 1 is 1.16 bits per heavy atom. The third-order valence-electron chi connectivity index (χ3n) is 5.87. The Balaban J connectivity index is 1.52. The summed E-state index contributed by atoms with van der Waals surface area (Å²) in [6, 6.07) is 16.4. The van der Waals surface area contributed by atoms with Crippen LogP contribution in [-0.2, 0) is 9.53 Å². The zero-order valence-electron chi connectivity index (χ0n) is 20.4. The number of halogens is 1. The van der Waals surface area contributed by atoms with E-state index in [1.54, 1.807) is 24.1 Å². The first-order chi connectivity index (χ1) is 18.0. The quantitative estimate of drug-likeness (QED) is 0.325. The van der Waals surface area contributed by atoms with Crippen LogP contribution in [0.1, 0.15) is 49.0 Å². The molecule has 2 aliphatic rings. The summed E-state index contributed by atoms with van der Waals surface area (Å²) < 4.78 is 12.1. The molecular formula is C27H25BrN4O4S. The molecule has 37 heavy (non-hydrogen) atoms. The Hall–Kier alpha value is -3.37. The second kappa shape index (κ2) is 10.9. The maximum Gasteiger partial charge on any atom is 0.338 e. The smallest absolute Gasteiger partial charge is 0.338 e. The molecule has 1 N–H and O–H groups in total. The molecule has 3 aromatic rings. The SMILES string of the molecule is CCCCSC1=NN2C(=c3cc(Br)ccc3=N[C@@H]2c2ccc(-c3ccc(C(=O)OCC)cc3)o2)C(=O)N1. The zero-order valence-corrected chi connectivity index (χ0v) is 22.8. The molecule has 1 aromatic heterocycles. The van der Waals surface area contributed by atoms with Crippen LogP contribution in [0, 0.1) is 0 Å². The van der Waals surface area contributed by atoms with Crippen LogP contribution in [0.15, 0.2) is 73.6 Å². The molecule has 1 atom stereocenters. The molecule has 2 aliphatic heterocycles. The number of nitrogens with zero attached hydrogens (tertiary/aromatic N) is 3. The number of amides is 1. The summed E-state index contributed by atoms with van der Waals surface area (Å²) in [6.45, 7) is 4.22. The number of nitrogens with one attached hydrogen (secondary N) is 1. The second-order valence-corrected chi connectivity index (χ2v) is 10.4. The summed E-state index contributed by atoms with van der Waals surface area (Å²) in [6.07, 6.45) is 1.44. The zero-order chi connectivity index (χ0) is 25.9. The molecule has 0 spiro atoms. The van der Waals surface area contributed by atoms with Crippen LogP contribution < -0.4 is 15.9 Å². The second-order valence-electron chi connectivity index (χ2n) is 8.42. The largest absolute Gasteiger partial charge is 0.462 e. The Labute approximate surface area is 226 Å². The van der Waals surface area contributed by atoms with Gasteiger partial charge < -0.3 is 9.15 Å². The molecule has 190 valence electrons. The van der Waals surface area contributed by atoms with Gasteiger partial charge in [-0.05, 0) is 55.8 Å². The highest BCUT2D eigenvalue weighted by Gasteiger charge is 2.36. The molecule has 3 heterocycles. The molecule has 0 saturated carbocycles. The van der Waals surface area contributed by atoms with Crippen LogP contribution in [0.25, 0.3) is 17.0 Å². The number of hydrogen-bond donors (Lipinski definition) is 1. The van der Waals surface area contributed by atoms with Gasteiger partial charge in [0.25, 0.3) is 5.91 Å². The van der Waals surface area contributed by atoms with Crippen molar-refractivity contribution in [2.75, 3.05) is 12.4 Å². The average Bonchev–Trinajstić information content (AvgIpc) is 3.38. The standard InChI is InChI=1S/C27H25BrN4O4S/c1-3-5-14-37-27-30-25(33)23-19-15-18(28)10-11-20(19)29-24(32(23)31-27)22-13-12-21(36-22)16-6-8-17(9-7-16)26(34)35-4-2/h6-13,15,24H,3-5,14H2,1-2H3,(H,30,31,33)/t24-/m0/s1. The number of carbonyl (C=O) groups excluding carboxylic acids is 2. The number of carbonyl (C=O) groups is 2. The minimum Gasteiger partial charge on any atom is -0.462 e. The maximum absolute atomic E-state index is 13.3. The molecule has 0 bridgehead atoms. The van der Waals surface area contributed by atoms with Crippen LogP contribution in [0.3, 0.4) is 0 Å². The van der Waals surface area contributed by atoms with E-state index in [4.69, 9.17) is 19.2 Å².